The van der Waals surface area contributed by atoms with Crippen molar-refractivity contribution in [1.29, 1.82) is 0 Å². The fourth-order valence-electron chi connectivity index (χ4n) is 1.82. The van der Waals surface area contributed by atoms with Gasteiger partial charge in [-0.3, -0.25) is 4.79 Å². The third-order valence-electron chi connectivity index (χ3n) is 2.96. The lowest BCUT2D eigenvalue weighted by Crippen LogP contribution is -2.33. The van der Waals surface area contributed by atoms with Gasteiger partial charge in [-0.1, -0.05) is 52.1 Å². The van der Waals surface area contributed by atoms with Crippen molar-refractivity contribution in [1.82, 2.24) is 5.32 Å². The molecule has 0 saturated heterocycles. The number of rotatable bonds is 5. The molecule has 4 heteroatoms. The highest BCUT2D eigenvalue weighted by molar-refractivity contribution is 9.11. The van der Waals surface area contributed by atoms with Gasteiger partial charge >= 0.3 is 0 Å². The molecular formula is C14H19Br2NO. The lowest BCUT2D eigenvalue weighted by Gasteiger charge is -2.17. The zero-order chi connectivity index (χ0) is 13.7. The fourth-order valence-corrected chi connectivity index (χ4v) is 3.11. The first-order valence-electron chi connectivity index (χ1n) is 6.19. The molecule has 1 aromatic carbocycles. The van der Waals surface area contributed by atoms with Gasteiger partial charge < -0.3 is 5.32 Å². The summed E-state index contributed by atoms with van der Waals surface area (Å²) in [6.45, 7) is 6.43. The van der Waals surface area contributed by atoms with Gasteiger partial charge in [-0.15, -0.1) is 0 Å². The maximum Gasteiger partial charge on any atom is 0.251 e. The van der Waals surface area contributed by atoms with E-state index in [1.54, 1.807) is 0 Å². The van der Waals surface area contributed by atoms with E-state index in [0.29, 0.717) is 11.5 Å². The van der Waals surface area contributed by atoms with Gasteiger partial charge in [-0.25, -0.2) is 0 Å². The maximum atomic E-state index is 12.1. The van der Waals surface area contributed by atoms with Crippen molar-refractivity contribution < 1.29 is 4.79 Å². The first-order valence-corrected chi connectivity index (χ1v) is 7.78. The first kappa shape index (κ1) is 15.7. The van der Waals surface area contributed by atoms with Crippen LogP contribution in [-0.2, 0) is 0 Å². The zero-order valence-corrected chi connectivity index (χ0v) is 14.1. The largest absolute Gasteiger partial charge is 0.350 e. The van der Waals surface area contributed by atoms with Gasteiger partial charge in [0, 0.05) is 20.6 Å². The molecule has 0 spiro atoms. The van der Waals surface area contributed by atoms with Crippen LogP contribution in [0.1, 0.15) is 44.0 Å². The molecule has 0 aliphatic carbocycles. The van der Waals surface area contributed by atoms with Gasteiger partial charge in [0.05, 0.1) is 0 Å². The predicted molar refractivity (Wildman–Crippen MR) is 82.8 cm³/mol. The summed E-state index contributed by atoms with van der Waals surface area (Å²) in [4.78, 5) is 12.1. The smallest absolute Gasteiger partial charge is 0.251 e. The van der Waals surface area contributed by atoms with E-state index in [1.807, 2.05) is 18.2 Å². The molecule has 1 N–H and O–H groups in total. The van der Waals surface area contributed by atoms with Crippen molar-refractivity contribution in [2.24, 2.45) is 5.92 Å². The zero-order valence-electron chi connectivity index (χ0n) is 11.0. The van der Waals surface area contributed by atoms with Crippen LogP contribution in [0.4, 0.5) is 0 Å². The van der Waals surface area contributed by atoms with Crippen LogP contribution in [0.3, 0.4) is 0 Å². The van der Waals surface area contributed by atoms with Crippen LogP contribution < -0.4 is 5.32 Å². The van der Waals surface area contributed by atoms with Crippen molar-refractivity contribution in [3.05, 3.63) is 32.7 Å². The number of halogens is 2. The van der Waals surface area contributed by atoms with E-state index in [0.717, 1.165) is 21.8 Å². The quantitative estimate of drug-likeness (QED) is 0.788. The predicted octanol–water partition coefficient (Wildman–Crippen LogP) is 4.77. The number of benzene rings is 1. The third kappa shape index (κ3) is 5.11. The Labute approximate surface area is 126 Å². The number of carbonyl (C=O) groups excluding carboxylic acids is 1. The number of nitrogens with one attached hydrogen (secondary N) is 1. The Balaban J connectivity index is 2.64. The second-order valence-corrected chi connectivity index (χ2v) is 6.61. The van der Waals surface area contributed by atoms with Crippen LogP contribution in [0.5, 0.6) is 0 Å². The van der Waals surface area contributed by atoms with Gasteiger partial charge in [0.2, 0.25) is 0 Å². The molecule has 0 bridgehead atoms. The van der Waals surface area contributed by atoms with Crippen LogP contribution in [0.15, 0.2) is 27.1 Å². The second kappa shape index (κ2) is 7.29. The van der Waals surface area contributed by atoms with E-state index >= 15 is 0 Å². The minimum absolute atomic E-state index is 0.0206. The van der Waals surface area contributed by atoms with Crippen molar-refractivity contribution in [3.63, 3.8) is 0 Å². The van der Waals surface area contributed by atoms with Gasteiger partial charge in [0.25, 0.3) is 5.91 Å². The molecule has 18 heavy (non-hydrogen) atoms. The molecule has 2 atom stereocenters. The average molecular weight is 377 g/mol. The van der Waals surface area contributed by atoms with Crippen LogP contribution in [-0.4, -0.2) is 11.9 Å². The molecule has 0 heterocycles. The second-order valence-electron chi connectivity index (χ2n) is 4.78. The Hall–Kier alpha value is -0.350. The third-order valence-corrected chi connectivity index (χ3v) is 3.87. The summed E-state index contributed by atoms with van der Waals surface area (Å²) in [5, 5.41) is 3.04. The normalized spacial score (nSPS) is 14.1. The van der Waals surface area contributed by atoms with E-state index in [-0.39, 0.29) is 11.9 Å². The van der Waals surface area contributed by atoms with E-state index in [1.165, 1.54) is 0 Å². The highest BCUT2D eigenvalue weighted by Gasteiger charge is 2.12. The van der Waals surface area contributed by atoms with Crippen molar-refractivity contribution in [3.8, 4) is 0 Å². The van der Waals surface area contributed by atoms with Crippen molar-refractivity contribution >= 4 is 37.8 Å². The highest BCUT2D eigenvalue weighted by Crippen LogP contribution is 2.20. The molecule has 0 fully saturated rings. The van der Waals surface area contributed by atoms with Crippen LogP contribution in [0.25, 0.3) is 0 Å². The summed E-state index contributed by atoms with van der Waals surface area (Å²) in [5.74, 6) is 0.613. The topological polar surface area (TPSA) is 29.1 Å². The van der Waals surface area contributed by atoms with Crippen LogP contribution in [0, 0.1) is 5.92 Å². The Morgan fingerprint density at radius 3 is 2.28 bits per heavy atom. The standard InChI is InChI=1S/C14H19Br2NO/c1-4-9(2)5-10(3)17-14(18)11-6-12(15)8-13(16)7-11/h6-10H,4-5H2,1-3H3,(H,17,18). The molecule has 0 aromatic heterocycles. The number of amides is 1. The van der Waals surface area contributed by atoms with E-state index in [2.05, 4.69) is 57.9 Å². The Morgan fingerprint density at radius 1 is 1.22 bits per heavy atom. The number of hydrogen-bond donors (Lipinski definition) is 1. The van der Waals surface area contributed by atoms with Gasteiger partial charge in [-0.2, -0.15) is 0 Å². The molecule has 1 rings (SSSR count). The summed E-state index contributed by atoms with van der Waals surface area (Å²) in [5.41, 5.74) is 0.673. The molecule has 0 radical (unpaired) electrons. The van der Waals surface area contributed by atoms with E-state index in [9.17, 15) is 4.79 Å². The number of hydrogen-bond acceptors (Lipinski definition) is 1. The Kier molecular flexibility index (Phi) is 6.36. The molecule has 2 unspecified atom stereocenters. The number of carbonyl (C=O) groups is 1. The molecular weight excluding hydrogens is 358 g/mol. The summed E-state index contributed by atoms with van der Waals surface area (Å²) in [6.07, 6.45) is 2.15. The Bertz CT molecular complexity index is 400. The molecule has 0 aliphatic heterocycles. The van der Waals surface area contributed by atoms with Gasteiger partial charge in [-0.05, 0) is 37.5 Å². The van der Waals surface area contributed by atoms with Crippen molar-refractivity contribution in [2.75, 3.05) is 0 Å². The van der Waals surface area contributed by atoms with Crippen molar-refractivity contribution in [2.45, 2.75) is 39.7 Å². The fraction of sp³-hybridized carbons (Fsp3) is 0.500. The lowest BCUT2D eigenvalue weighted by atomic mass is 10.0. The van der Waals surface area contributed by atoms with E-state index in [4.69, 9.17) is 0 Å². The minimum atomic E-state index is -0.0206. The molecule has 0 saturated carbocycles. The SMILES string of the molecule is CCC(C)CC(C)NC(=O)c1cc(Br)cc(Br)c1. The summed E-state index contributed by atoms with van der Waals surface area (Å²) in [7, 11) is 0. The minimum Gasteiger partial charge on any atom is -0.350 e. The molecule has 100 valence electrons. The summed E-state index contributed by atoms with van der Waals surface area (Å²) >= 11 is 6.78. The maximum absolute atomic E-state index is 12.1. The van der Waals surface area contributed by atoms with Crippen LogP contribution >= 0.6 is 31.9 Å². The first-order chi connectivity index (χ1) is 8.42. The van der Waals surface area contributed by atoms with Gasteiger partial charge in [0.15, 0.2) is 0 Å². The Morgan fingerprint density at radius 2 is 1.78 bits per heavy atom. The molecule has 1 amide bonds. The molecule has 1 aromatic rings. The monoisotopic (exact) mass is 375 g/mol. The molecule has 2 nitrogen and oxygen atoms in total. The summed E-state index contributed by atoms with van der Waals surface area (Å²) in [6, 6.07) is 5.77. The van der Waals surface area contributed by atoms with E-state index < -0.39 is 0 Å². The molecule has 0 aliphatic rings. The average Bonchev–Trinajstić information content (AvgIpc) is 2.27. The highest BCUT2D eigenvalue weighted by atomic mass is 79.9. The lowest BCUT2D eigenvalue weighted by molar-refractivity contribution is 0.0935. The van der Waals surface area contributed by atoms with Crippen LogP contribution in [0.2, 0.25) is 0 Å². The van der Waals surface area contributed by atoms with Gasteiger partial charge in [0.1, 0.15) is 0 Å². The summed E-state index contributed by atoms with van der Waals surface area (Å²) < 4.78 is 1.80.